The molecule has 3 atom stereocenters. The number of aliphatic carboxylic acids is 1. The van der Waals surface area contributed by atoms with Crippen molar-refractivity contribution in [2.75, 3.05) is 32.8 Å². The second-order valence-electron chi connectivity index (χ2n) is 11.9. The Balaban J connectivity index is 1.97. The minimum absolute atomic E-state index is 0.0300. The van der Waals surface area contributed by atoms with Gasteiger partial charge in [-0.15, -0.1) is 0 Å². The van der Waals surface area contributed by atoms with Crippen LogP contribution in [0.1, 0.15) is 64.9 Å². The quantitative estimate of drug-likeness (QED) is 0.128. The van der Waals surface area contributed by atoms with E-state index in [4.69, 9.17) is 20.3 Å². The maximum absolute atomic E-state index is 13.1. The molecule has 1 heterocycles. The van der Waals surface area contributed by atoms with E-state index in [1.807, 2.05) is 0 Å². The summed E-state index contributed by atoms with van der Waals surface area (Å²) in [6, 6.07) is 6.80. The van der Waals surface area contributed by atoms with E-state index in [0.717, 1.165) is 5.56 Å². The number of nitrogens with zero attached hydrogens (tertiary/aromatic N) is 1. The second kappa shape index (κ2) is 19.3. The zero-order valence-corrected chi connectivity index (χ0v) is 26.8. The Labute approximate surface area is 269 Å². The van der Waals surface area contributed by atoms with Crippen LogP contribution in [0.25, 0.3) is 0 Å². The molecule has 46 heavy (non-hydrogen) atoms. The maximum atomic E-state index is 13.1. The van der Waals surface area contributed by atoms with Crippen molar-refractivity contribution in [2.45, 2.75) is 89.6 Å². The number of hydrogen-bond acceptors (Lipinski definition) is 9. The molecule has 1 saturated heterocycles. The van der Waals surface area contributed by atoms with E-state index >= 15 is 0 Å². The number of carbonyl (C=O) groups is 6. The molecule has 1 aliphatic rings. The minimum atomic E-state index is -1.24. The van der Waals surface area contributed by atoms with Crippen LogP contribution in [0.5, 0.6) is 0 Å². The second-order valence-corrected chi connectivity index (χ2v) is 11.9. The van der Waals surface area contributed by atoms with Crippen molar-refractivity contribution in [1.29, 1.82) is 0 Å². The molecule has 15 nitrogen and oxygen atoms in total. The molecular weight excluding hydrogens is 600 g/mol. The number of carboxylic acids is 1. The molecule has 1 unspecified atom stereocenters. The van der Waals surface area contributed by atoms with Gasteiger partial charge in [-0.1, -0.05) is 30.3 Å². The van der Waals surface area contributed by atoms with E-state index in [2.05, 4.69) is 21.3 Å². The summed E-state index contributed by atoms with van der Waals surface area (Å²) in [5.74, 6) is -3.64. The Bertz CT molecular complexity index is 1170. The summed E-state index contributed by atoms with van der Waals surface area (Å²) in [5.41, 5.74) is 5.64. The Morgan fingerprint density at radius 2 is 1.63 bits per heavy atom. The van der Waals surface area contributed by atoms with Gasteiger partial charge >= 0.3 is 12.1 Å². The Morgan fingerprint density at radius 3 is 2.28 bits per heavy atom. The number of benzene rings is 1. The standard InChI is InChI=1S/C31H48N6O9/c1-31(2,3)46-30(44)37-16-9-17-45-26(37)14-13-24(38)35-22(12-7-8-15-32)28(42)33-19-25(39)36-23(29(43)34-20-27(40)41)18-21-10-5-4-6-11-21/h4-6,10-11,22-23,26H,7-9,12-20,32H2,1-3H3,(H,33,42)(H,34,43)(H,35,38)(H,36,39)(H,40,41)/t22-,23-,26?/m0/s1. The summed E-state index contributed by atoms with van der Waals surface area (Å²) in [6.07, 6.45) is 1.15. The normalized spacial score (nSPS) is 16.0. The van der Waals surface area contributed by atoms with Crippen molar-refractivity contribution >= 4 is 35.7 Å². The van der Waals surface area contributed by atoms with Gasteiger partial charge in [-0.05, 0) is 58.6 Å². The van der Waals surface area contributed by atoms with Gasteiger partial charge in [0.1, 0.15) is 30.5 Å². The number of unbranched alkanes of at least 4 members (excludes halogenated alkanes) is 1. The molecule has 256 valence electrons. The smallest absolute Gasteiger partial charge is 0.412 e. The molecule has 1 aromatic carbocycles. The number of nitrogens with one attached hydrogen (secondary N) is 4. The van der Waals surface area contributed by atoms with Crippen molar-refractivity contribution in [3.63, 3.8) is 0 Å². The first-order valence-electron chi connectivity index (χ1n) is 15.5. The van der Waals surface area contributed by atoms with Crippen LogP contribution >= 0.6 is 0 Å². The summed E-state index contributed by atoms with van der Waals surface area (Å²) in [5, 5.41) is 18.9. The van der Waals surface area contributed by atoms with Gasteiger partial charge in [0.15, 0.2) is 0 Å². The maximum Gasteiger partial charge on any atom is 0.412 e. The highest BCUT2D eigenvalue weighted by Crippen LogP contribution is 2.19. The lowest BCUT2D eigenvalue weighted by molar-refractivity contribution is -0.138. The predicted molar refractivity (Wildman–Crippen MR) is 167 cm³/mol. The van der Waals surface area contributed by atoms with Crippen molar-refractivity contribution in [2.24, 2.45) is 5.73 Å². The lowest BCUT2D eigenvalue weighted by Gasteiger charge is -2.36. The van der Waals surface area contributed by atoms with E-state index in [1.165, 1.54) is 4.90 Å². The molecule has 0 radical (unpaired) electrons. The van der Waals surface area contributed by atoms with E-state index in [1.54, 1.807) is 51.1 Å². The van der Waals surface area contributed by atoms with Crippen molar-refractivity contribution in [3.8, 4) is 0 Å². The lowest BCUT2D eigenvalue weighted by atomic mass is 10.1. The molecule has 0 saturated carbocycles. The largest absolute Gasteiger partial charge is 0.480 e. The Morgan fingerprint density at radius 1 is 0.978 bits per heavy atom. The number of nitrogens with two attached hydrogens (primary N) is 1. The molecule has 1 aliphatic heterocycles. The molecule has 7 N–H and O–H groups in total. The van der Waals surface area contributed by atoms with Gasteiger partial charge in [0, 0.05) is 25.8 Å². The Hall–Kier alpha value is -4.24. The van der Waals surface area contributed by atoms with Gasteiger partial charge in [-0.25, -0.2) is 4.79 Å². The first-order chi connectivity index (χ1) is 21.8. The van der Waals surface area contributed by atoms with Crippen LogP contribution < -0.4 is 27.0 Å². The monoisotopic (exact) mass is 648 g/mol. The first kappa shape index (κ1) is 37.9. The third kappa shape index (κ3) is 14.7. The van der Waals surface area contributed by atoms with E-state index < -0.39 is 72.7 Å². The minimum Gasteiger partial charge on any atom is -0.480 e. The number of hydrogen-bond donors (Lipinski definition) is 6. The highest BCUT2D eigenvalue weighted by atomic mass is 16.6. The van der Waals surface area contributed by atoms with Crippen molar-refractivity contribution in [3.05, 3.63) is 35.9 Å². The summed E-state index contributed by atoms with van der Waals surface area (Å²) >= 11 is 0. The van der Waals surface area contributed by atoms with Gasteiger partial charge in [0.05, 0.1) is 13.2 Å². The van der Waals surface area contributed by atoms with Crippen LogP contribution in [0.2, 0.25) is 0 Å². The Kier molecular flexibility index (Phi) is 15.9. The highest BCUT2D eigenvalue weighted by Gasteiger charge is 2.32. The fraction of sp³-hybridized carbons (Fsp3) is 0.613. The molecule has 0 bridgehead atoms. The molecular formula is C31H48N6O9. The van der Waals surface area contributed by atoms with Crippen LogP contribution in [-0.2, 0) is 39.9 Å². The third-order valence-corrected chi connectivity index (χ3v) is 6.82. The number of rotatable bonds is 17. The van der Waals surface area contributed by atoms with Crippen molar-refractivity contribution < 1.29 is 43.3 Å². The molecule has 0 aromatic heterocycles. The fourth-order valence-corrected chi connectivity index (χ4v) is 4.62. The topological polar surface area (TPSA) is 218 Å². The first-order valence-corrected chi connectivity index (χ1v) is 15.5. The number of amides is 5. The zero-order chi connectivity index (χ0) is 34.1. The number of ether oxygens (including phenoxy) is 2. The average molecular weight is 649 g/mol. The van der Waals surface area contributed by atoms with Gasteiger partial charge in [0.2, 0.25) is 23.6 Å². The predicted octanol–water partition coefficient (Wildman–Crippen LogP) is 0.408. The average Bonchev–Trinajstić information content (AvgIpc) is 3.00. The van der Waals surface area contributed by atoms with E-state index in [-0.39, 0.29) is 25.7 Å². The van der Waals surface area contributed by atoms with Gasteiger partial charge in [0.25, 0.3) is 0 Å². The summed E-state index contributed by atoms with van der Waals surface area (Å²) in [6.45, 7) is 5.45. The number of carbonyl (C=O) groups excluding carboxylic acids is 5. The third-order valence-electron chi connectivity index (χ3n) is 6.82. The van der Waals surface area contributed by atoms with Gasteiger partial charge in [-0.2, -0.15) is 0 Å². The highest BCUT2D eigenvalue weighted by molar-refractivity contribution is 5.93. The van der Waals surface area contributed by atoms with Crippen LogP contribution in [0.3, 0.4) is 0 Å². The summed E-state index contributed by atoms with van der Waals surface area (Å²) < 4.78 is 11.2. The SMILES string of the molecule is CC(C)(C)OC(=O)N1CCCOC1CCC(=O)N[C@@H](CCCCN)C(=O)NCC(=O)N[C@@H](Cc1ccccc1)C(=O)NCC(=O)O. The lowest BCUT2D eigenvalue weighted by Crippen LogP contribution is -2.53. The summed E-state index contributed by atoms with van der Waals surface area (Å²) in [7, 11) is 0. The molecule has 1 fully saturated rings. The van der Waals surface area contributed by atoms with Crippen LogP contribution in [0.15, 0.2) is 30.3 Å². The molecule has 1 aromatic rings. The molecule has 0 aliphatic carbocycles. The van der Waals surface area contributed by atoms with E-state index in [0.29, 0.717) is 39.0 Å². The van der Waals surface area contributed by atoms with E-state index in [9.17, 15) is 28.8 Å². The van der Waals surface area contributed by atoms with Crippen LogP contribution in [0.4, 0.5) is 4.79 Å². The van der Waals surface area contributed by atoms with Gasteiger partial charge < -0.3 is 41.6 Å². The van der Waals surface area contributed by atoms with Crippen LogP contribution in [0, 0.1) is 0 Å². The molecule has 5 amide bonds. The molecule has 2 rings (SSSR count). The number of carboxylic acid groups (broad SMARTS) is 1. The summed E-state index contributed by atoms with van der Waals surface area (Å²) in [4.78, 5) is 76.4. The molecule has 0 spiro atoms. The van der Waals surface area contributed by atoms with Gasteiger partial charge in [-0.3, -0.25) is 28.9 Å². The van der Waals surface area contributed by atoms with Crippen molar-refractivity contribution in [1.82, 2.24) is 26.2 Å². The zero-order valence-electron chi connectivity index (χ0n) is 26.8. The van der Waals surface area contributed by atoms with Crippen LogP contribution in [-0.4, -0.2) is 102 Å². The molecule has 15 heteroatoms. The fourth-order valence-electron chi connectivity index (χ4n) is 4.62.